The summed E-state index contributed by atoms with van der Waals surface area (Å²) in [5.41, 5.74) is 1.21. The van der Waals surface area contributed by atoms with Gasteiger partial charge in [0.2, 0.25) is 0 Å². The molecule has 0 aliphatic carbocycles. The normalized spacial score (nSPS) is 16.1. The average Bonchev–Trinajstić information content (AvgIpc) is 2.45. The Morgan fingerprint density at radius 3 is 2.68 bits per heavy atom. The van der Waals surface area contributed by atoms with Crippen molar-refractivity contribution in [3.05, 3.63) is 28.3 Å². The molecule has 0 aromatic heterocycles. The Morgan fingerprint density at radius 1 is 1.37 bits per heavy atom. The van der Waals surface area contributed by atoms with Crippen molar-refractivity contribution >= 4 is 17.1 Å². The van der Waals surface area contributed by atoms with Crippen LogP contribution in [-0.2, 0) is 4.74 Å². The molecule has 0 spiro atoms. The second-order valence-corrected chi connectivity index (χ2v) is 4.65. The Bertz CT molecular complexity index is 445. The summed E-state index contributed by atoms with van der Waals surface area (Å²) in [6.45, 7) is 2.31. The molecule has 0 amide bonds. The molecule has 0 bridgehead atoms. The van der Waals surface area contributed by atoms with Crippen LogP contribution in [0.4, 0.5) is 17.1 Å². The molecule has 19 heavy (non-hydrogen) atoms. The van der Waals surface area contributed by atoms with Gasteiger partial charge in [0.25, 0.3) is 0 Å². The van der Waals surface area contributed by atoms with Crippen molar-refractivity contribution in [3.8, 4) is 0 Å². The van der Waals surface area contributed by atoms with Crippen molar-refractivity contribution in [1.82, 2.24) is 0 Å². The molecule has 1 aliphatic rings. The number of rotatable bonds is 5. The van der Waals surface area contributed by atoms with E-state index in [0.717, 1.165) is 32.6 Å². The lowest BCUT2D eigenvalue weighted by Gasteiger charge is -2.22. The summed E-state index contributed by atoms with van der Waals surface area (Å²) in [7, 11) is 1.69. The zero-order valence-electron chi connectivity index (χ0n) is 11.0. The van der Waals surface area contributed by atoms with Gasteiger partial charge in [-0.05, 0) is 30.9 Å². The summed E-state index contributed by atoms with van der Waals surface area (Å²) in [5, 5.41) is 17.2. The van der Waals surface area contributed by atoms with Crippen LogP contribution in [0, 0.1) is 16.0 Å². The fraction of sp³-hybridized carbons (Fsp3) is 0.538. The molecule has 0 unspecified atom stereocenters. The van der Waals surface area contributed by atoms with E-state index in [2.05, 4.69) is 10.6 Å². The molecule has 0 atom stereocenters. The highest BCUT2D eigenvalue weighted by Crippen LogP contribution is 2.32. The molecule has 104 valence electrons. The van der Waals surface area contributed by atoms with E-state index in [1.54, 1.807) is 19.2 Å². The van der Waals surface area contributed by atoms with Crippen molar-refractivity contribution in [2.24, 2.45) is 5.92 Å². The Balaban J connectivity index is 2.08. The highest BCUT2D eigenvalue weighted by Gasteiger charge is 2.20. The largest absolute Gasteiger partial charge is 0.382 e. The molecule has 6 nitrogen and oxygen atoms in total. The van der Waals surface area contributed by atoms with Gasteiger partial charge in [0.1, 0.15) is 11.4 Å². The van der Waals surface area contributed by atoms with Crippen molar-refractivity contribution in [1.29, 1.82) is 0 Å². The smallest absolute Gasteiger partial charge is 0.315 e. The summed E-state index contributed by atoms with van der Waals surface area (Å²) in [4.78, 5) is 10.8. The fourth-order valence-corrected chi connectivity index (χ4v) is 2.29. The van der Waals surface area contributed by atoms with Gasteiger partial charge in [-0.3, -0.25) is 10.1 Å². The molecular formula is C13H19N3O3. The minimum atomic E-state index is -0.349. The van der Waals surface area contributed by atoms with Gasteiger partial charge in [-0.2, -0.15) is 0 Å². The first-order chi connectivity index (χ1) is 9.22. The maximum absolute atomic E-state index is 11.2. The summed E-state index contributed by atoms with van der Waals surface area (Å²) >= 11 is 0. The predicted octanol–water partition coefficient (Wildman–Crippen LogP) is 2.48. The first-order valence-electron chi connectivity index (χ1n) is 6.49. The SMILES string of the molecule is CNc1cccc(NCC2CCOCC2)c1[N+](=O)[O-]. The van der Waals surface area contributed by atoms with Gasteiger partial charge in [0.05, 0.1) is 4.92 Å². The van der Waals surface area contributed by atoms with Crippen LogP contribution in [0.1, 0.15) is 12.8 Å². The maximum Gasteiger partial charge on any atom is 0.315 e. The molecule has 6 heteroatoms. The molecule has 1 fully saturated rings. The second kappa shape index (κ2) is 6.38. The van der Waals surface area contributed by atoms with Crippen LogP contribution in [0.5, 0.6) is 0 Å². The third-order valence-corrected chi connectivity index (χ3v) is 3.41. The number of nitrogens with one attached hydrogen (secondary N) is 2. The lowest BCUT2D eigenvalue weighted by molar-refractivity contribution is -0.383. The van der Waals surface area contributed by atoms with E-state index < -0.39 is 0 Å². The number of para-hydroxylation sites is 1. The van der Waals surface area contributed by atoms with Crippen LogP contribution in [0.15, 0.2) is 18.2 Å². The van der Waals surface area contributed by atoms with E-state index in [0.29, 0.717) is 17.3 Å². The zero-order chi connectivity index (χ0) is 13.7. The number of nitrogens with zero attached hydrogens (tertiary/aromatic N) is 1. The lowest BCUT2D eigenvalue weighted by Crippen LogP contribution is -2.23. The third kappa shape index (κ3) is 3.35. The Kier molecular flexibility index (Phi) is 4.57. The van der Waals surface area contributed by atoms with Gasteiger partial charge >= 0.3 is 5.69 Å². The molecule has 1 aromatic carbocycles. The minimum Gasteiger partial charge on any atom is -0.382 e. The van der Waals surface area contributed by atoms with Crippen LogP contribution in [-0.4, -0.2) is 31.7 Å². The number of benzene rings is 1. The zero-order valence-corrected chi connectivity index (χ0v) is 11.0. The quantitative estimate of drug-likeness (QED) is 0.631. The van der Waals surface area contributed by atoms with Gasteiger partial charge in [-0.1, -0.05) is 6.07 Å². The highest BCUT2D eigenvalue weighted by molar-refractivity contribution is 5.75. The monoisotopic (exact) mass is 265 g/mol. The van der Waals surface area contributed by atoms with Crippen LogP contribution < -0.4 is 10.6 Å². The standard InChI is InChI=1S/C13H19N3O3/c1-14-11-3-2-4-12(13(11)16(17)18)15-9-10-5-7-19-8-6-10/h2-4,10,14-15H,5-9H2,1H3. The van der Waals surface area contributed by atoms with Crippen molar-refractivity contribution in [3.63, 3.8) is 0 Å². The van der Waals surface area contributed by atoms with E-state index in [1.807, 2.05) is 6.07 Å². The van der Waals surface area contributed by atoms with E-state index in [-0.39, 0.29) is 10.6 Å². The third-order valence-electron chi connectivity index (χ3n) is 3.41. The van der Waals surface area contributed by atoms with E-state index >= 15 is 0 Å². The molecule has 1 saturated heterocycles. The van der Waals surface area contributed by atoms with Crippen LogP contribution >= 0.6 is 0 Å². The summed E-state index contributed by atoms with van der Waals surface area (Å²) in [6, 6.07) is 5.27. The highest BCUT2D eigenvalue weighted by atomic mass is 16.6. The van der Waals surface area contributed by atoms with Crippen molar-refractivity contribution in [2.75, 3.05) is 37.4 Å². The fourth-order valence-electron chi connectivity index (χ4n) is 2.29. The molecule has 0 saturated carbocycles. The molecule has 1 aliphatic heterocycles. The summed E-state index contributed by atoms with van der Waals surface area (Å²) < 4.78 is 5.30. The van der Waals surface area contributed by atoms with Crippen molar-refractivity contribution < 1.29 is 9.66 Å². The average molecular weight is 265 g/mol. The first kappa shape index (κ1) is 13.6. The molecule has 1 aromatic rings. The number of ether oxygens (including phenoxy) is 1. The minimum absolute atomic E-state index is 0.108. The van der Waals surface area contributed by atoms with Gasteiger partial charge < -0.3 is 15.4 Å². The number of anilines is 2. The maximum atomic E-state index is 11.2. The van der Waals surface area contributed by atoms with E-state index in [4.69, 9.17) is 4.74 Å². The number of hydrogen-bond donors (Lipinski definition) is 2. The molecule has 2 N–H and O–H groups in total. The van der Waals surface area contributed by atoms with E-state index in [9.17, 15) is 10.1 Å². The summed E-state index contributed by atoms with van der Waals surface area (Å²) in [5.74, 6) is 0.520. The first-order valence-corrected chi connectivity index (χ1v) is 6.49. The Morgan fingerprint density at radius 2 is 2.05 bits per heavy atom. The van der Waals surface area contributed by atoms with Crippen LogP contribution in [0.2, 0.25) is 0 Å². The summed E-state index contributed by atoms with van der Waals surface area (Å²) in [6.07, 6.45) is 2.01. The topological polar surface area (TPSA) is 76.4 Å². The molecular weight excluding hydrogens is 246 g/mol. The Hall–Kier alpha value is -1.82. The number of hydrogen-bond acceptors (Lipinski definition) is 5. The van der Waals surface area contributed by atoms with Crippen molar-refractivity contribution in [2.45, 2.75) is 12.8 Å². The van der Waals surface area contributed by atoms with Crippen LogP contribution in [0.3, 0.4) is 0 Å². The van der Waals surface area contributed by atoms with Gasteiger partial charge in [0, 0.05) is 26.8 Å². The van der Waals surface area contributed by atoms with Gasteiger partial charge in [0.15, 0.2) is 0 Å². The van der Waals surface area contributed by atoms with Gasteiger partial charge in [-0.25, -0.2) is 0 Å². The number of nitro benzene ring substituents is 1. The lowest BCUT2D eigenvalue weighted by atomic mass is 10.0. The van der Waals surface area contributed by atoms with Gasteiger partial charge in [-0.15, -0.1) is 0 Å². The molecule has 1 heterocycles. The predicted molar refractivity (Wildman–Crippen MR) is 74.7 cm³/mol. The van der Waals surface area contributed by atoms with Crippen LogP contribution in [0.25, 0.3) is 0 Å². The number of nitro groups is 1. The second-order valence-electron chi connectivity index (χ2n) is 4.65. The molecule has 2 rings (SSSR count). The Labute approximate surface area is 112 Å². The molecule has 0 radical (unpaired) electrons. The van der Waals surface area contributed by atoms with E-state index in [1.165, 1.54) is 0 Å².